The second-order valence-electron chi connectivity index (χ2n) is 4.69. The van der Waals surface area contributed by atoms with E-state index in [9.17, 15) is 14.3 Å². The van der Waals surface area contributed by atoms with Crippen molar-refractivity contribution >= 4 is 28.5 Å². The highest BCUT2D eigenvalue weighted by Gasteiger charge is 2.15. The summed E-state index contributed by atoms with van der Waals surface area (Å²) in [4.78, 5) is 11.3. The van der Waals surface area contributed by atoms with Crippen molar-refractivity contribution in [3.05, 3.63) is 70.6 Å². The van der Waals surface area contributed by atoms with Gasteiger partial charge in [0.2, 0.25) is 0 Å². The zero-order chi connectivity index (χ0) is 15.0. The maximum atomic E-state index is 13.9. The molecule has 0 atom stereocenters. The van der Waals surface area contributed by atoms with E-state index in [1.807, 2.05) is 6.07 Å². The van der Waals surface area contributed by atoms with Crippen LogP contribution in [0.25, 0.3) is 10.9 Å². The van der Waals surface area contributed by atoms with Crippen molar-refractivity contribution in [3.63, 3.8) is 0 Å². The fourth-order valence-electron chi connectivity index (χ4n) is 2.40. The van der Waals surface area contributed by atoms with E-state index in [1.54, 1.807) is 28.8 Å². The number of carbonyl (C=O) groups is 1. The average molecular weight is 304 g/mol. The first-order chi connectivity index (χ1) is 10.1. The lowest BCUT2D eigenvalue weighted by molar-refractivity contribution is 0.0699. The number of nitrogens with zero attached hydrogens (tertiary/aromatic N) is 1. The molecule has 5 heteroatoms. The van der Waals surface area contributed by atoms with Gasteiger partial charge in [-0.2, -0.15) is 0 Å². The van der Waals surface area contributed by atoms with Gasteiger partial charge in [0, 0.05) is 27.7 Å². The molecule has 0 fully saturated rings. The quantitative estimate of drug-likeness (QED) is 0.788. The first-order valence-corrected chi connectivity index (χ1v) is 6.70. The summed E-state index contributed by atoms with van der Waals surface area (Å²) in [6.07, 6.45) is 1.51. The number of halogens is 2. The first-order valence-electron chi connectivity index (χ1n) is 6.32. The maximum absolute atomic E-state index is 13.9. The monoisotopic (exact) mass is 303 g/mol. The molecule has 0 aliphatic rings. The second-order valence-corrected chi connectivity index (χ2v) is 5.10. The van der Waals surface area contributed by atoms with Gasteiger partial charge < -0.3 is 9.67 Å². The Bertz CT molecular complexity index is 821. The van der Waals surface area contributed by atoms with Crippen LogP contribution in [0, 0.1) is 5.82 Å². The summed E-state index contributed by atoms with van der Waals surface area (Å²) in [6.45, 7) is 0.180. The normalized spacial score (nSPS) is 11.0. The summed E-state index contributed by atoms with van der Waals surface area (Å²) in [6, 6.07) is 11.6. The molecule has 3 nitrogen and oxygen atoms in total. The maximum Gasteiger partial charge on any atom is 0.337 e. The highest BCUT2D eigenvalue weighted by atomic mass is 35.5. The zero-order valence-electron chi connectivity index (χ0n) is 10.9. The number of carboxylic acids is 1. The molecule has 2 aromatic carbocycles. The number of hydrogen-bond donors (Lipinski definition) is 1. The van der Waals surface area contributed by atoms with Gasteiger partial charge in [0.25, 0.3) is 0 Å². The van der Waals surface area contributed by atoms with Crippen molar-refractivity contribution in [2.24, 2.45) is 0 Å². The van der Waals surface area contributed by atoms with Gasteiger partial charge in [0.05, 0.1) is 12.1 Å². The van der Waals surface area contributed by atoms with Gasteiger partial charge in [-0.25, -0.2) is 9.18 Å². The molecular formula is C16H11ClFNO2. The van der Waals surface area contributed by atoms with E-state index in [4.69, 9.17) is 11.6 Å². The highest BCUT2D eigenvalue weighted by molar-refractivity contribution is 6.31. The van der Waals surface area contributed by atoms with E-state index in [1.165, 1.54) is 18.3 Å². The zero-order valence-corrected chi connectivity index (χ0v) is 11.6. The molecule has 0 saturated carbocycles. The van der Waals surface area contributed by atoms with Crippen LogP contribution in [0.4, 0.5) is 4.39 Å². The Hall–Kier alpha value is -2.33. The third-order valence-corrected chi connectivity index (χ3v) is 3.76. The summed E-state index contributed by atoms with van der Waals surface area (Å²) < 4.78 is 15.6. The fourth-order valence-corrected chi connectivity index (χ4v) is 2.62. The van der Waals surface area contributed by atoms with Crippen molar-refractivity contribution in [1.82, 2.24) is 4.57 Å². The Balaban J connectivity index is 2.15. The van der Waals surface area contributed by atoms with E-state index >= 15 is 0 Å². The van der Waals surface area contributed by atoms with Gasteiger partial charge in [-0.05, 0) is 18.2 Å². The number of benzene rings is 2. The molecule has 0 unspecified atom stereocenters. The second kappa shape index (κ2) is 5.22. The van der Waals surface area contributed by atoms with Crippen molar-refractivity contribution in [1.29, 1.82) is 0 Å². The van der Waals surface area contributed by atoms with E-state index in [0.717, 1.165) is 5.52 Å². The van der Waals surface area contributed by atoms with Gasteiger partial charge in [0.1, 0.15) is 5.82 Å². The van der Waals surface area contributed by atoms with Crippen LogP contribution < -0.4 is 0 Å². The van der Waals surface area contributed by atoms with Gasteiger partial charge in [0.15, 0.2) is 0 Å². The first kappa shape index (κ1) is 13.6. The van der Waals surface area contributed by atoms with Crippen LogP contribution >= 0.6 is 11.6 Å². The minimum Gasteiger partial charge on any atom is -0.478 e. The number of aromatic carboxylic acids is 1. The third-order valence-electron chi connectivity index (χ3n) is 3.41. The standard InChI is InChI=1S/C16H11ClFNO2/c17-13-5-3-6-14(18)12(13)9-19-8-11(16(20)21)10-4-1-2-7-15(10)19/h1-8H,9H2,(H,20,21). The third kappa shape index (κ3) is 2.38. The Morgan fingerprint density at radius 2 is 1.95 bits per heavy atom. The minimum absolute atomic E-state index is 0.180. The van der Waals surface area contributed by atoms with Crippen LogP contribution in [0.15, 0.2) is 48.7 Å². The molecule has 1 aromatic heterocycles. The molecule has 21 heavy (non-hydrogen) atoms. The lowest BCUT2D eigenvalue weighted by Crippen LogP contribution is -2.02. The predicted molar refractivity (Wildman–Crippen MR) is 79.4 cm³/mol. The van der Waals surface area contributed by atoms with Gasteiger partial charge in [-0.3, -0.25) is 0 Å². The van der Waals surface area contributed by atoms with Gasteiger partial charge >= 0.3 is 5.97 Å². The molecule has 0 saturated heterocycles. The number of carboxylic acid groups (broad SMARTS) is 1. The van der Waals surface area contributed by atoms with E-state index in [0.29, 0.717) is 16.0 Å². The smallest absolute Gasteiger partial charge is 0.337 e. The van der Waals surface area contributed by atoms with Crippen molar-refractivity contribution in [3.8, 4) is 0 Å². The number of para-hydroxylation sites is 1. The topological polar surface area (TPSA) is 42.2 Å². The summed E-state index contributed by atoms with van der Waals surface area (Å²) in [5, 5.41) is 10.2. The van der Waals surface area contributed by atoms with Crippen molar-refractivity contribution in [2.75, 3.05) is 0 Å². The molecule has 106 valence electrons. The number of rotatable bonds is 3. The van der Waals surface area contributed by atoms with Crippen LogP contribution in [0.3, 0.4) is 0 Å². The van der Waals surface area contributed by atoms with Crippen LogP contribution in [-0.2, 0) is 6.54 Å². The van der Waals surface area contributed by atoms with Crippen LogP contribution in [0.5, 0.6) is 0 Å². The summed E-state index contributed by atoms with van der Waals surface area (Å²) >= 11 is 6.03. The number of aromatic nitrogens is 1. The Morgan fingerprint density at radius 3 is 2.67 bits per heavy atom. The molecule has 0 aliphatic heterocycles. The van der Waals surface area contributed by atoms with Crippen molar-refractivity contribution < 1.29 is 14.3 Å². The SMILES string of the molecule is O=C(O)c1cn(Cc2c(F)cccc2Cl)c2ccccc12. The van der Waals surface area contributed by atoms with Crippen LogP contribution in [-0.4, -0.2) is 15.6 Å². The predicted octanol–water partition coefficient (Wildman–Crippen LogP) is 4.18. The number of hydrogen-bond acceptors (Lipinski definition) is 1. The van der Waals surface area contributed by atoms with Crippen LogP contribution in [0.1, 0.15) is 15.9 Å². The minimum atomic E-state index is -1.01. The Morgan fingerprint density at radius 1 is 1.19 bits per heavy atom. The highest BCUT2D eigenvalue weighted by Crippen LogP contribution is 2.25. The molecule has 0 amide bonds. The largest absolute Gasteiger partial charge is 0.478 e. The molecule has 1 N–H and O–H groups in total. The fraction of sp³-hybridized carbons (Fsp3) is 0.0625. The van der Waals surface area contributed by atoms with Gasteiger partial charge in [-0.15, -0.1) is 0 Å². The molecule has 0 spiro atoms. The van der Waals surface area contributed by atoms with Crippen molar-refractivity contribution in [2.45, 2.75) is 6.54 Å². The number of fused-ring (bicyclic) bond motifs is 1. The summed E-state index contributed by atoms with van der Waals surface area (Å²) in [5.74, 6) is -1.42. The molecule has 3 rings (SSSR count). The molecule has 0 aliphatic carbocycles. The van der Waals surface area contributed by atoms with E-state index < -0.39 is 11.8 Å². The molecular weight excluding hydrogens is 293 g/mol. The average Bonchev–Trinajstić information content (AvgIpc) is 2.82. The van der Waals surface area contributed by atoms with Gasteiger partial charge in [-0.1, -0.05) is 35.9 Å². The lowest BCUT2D eigenvalue weighted by atomic mass is 10.2. The summed E-state index contributed by atoms with van der Waals surface area (Å²) in [5.41, 5.74) is 1.27. The Kier molecular flexibility index (Phi) is 3.39. The molecule has 0 radical (unpaired) electrons. The molecule has 3 aromatic rings. The van der Waals surface area contributed by atoms with E-state index in [-0.39, 0.29) is 12.1 Å². The molecule has 0 bridgehead atoms. The lowest BCUT2D eigenvalue weighted by Gasteiger charge is -2.08. The summed E-state index contributed by atoms with van der Waals surface area (Å²) in [7, 11) is 0. The Labute approximate surface area is 125 Å². The molecule has 1 heterocycles. The van der Waals surface area contributed by atoms with E-state index in [2.05, 4.69) is 0 Å². The van der Waals surface area contributed by atoms with Crippen LogP contribution in [0.2, 0.25) is 5.02 Å².